The zero-order valence-electron chi connectivity index (χ0n) is 6.34. The number of pyridine rings is 1. The maximum atomic E-state index is 10.7. The van der Waals surface area contributed by atoms with Gasteiger partial charge >= 0.3 is 0 Å². The normalized spacial score (nSPS) is 9.08. The van der Waals surface area contributed by atoms with Gasteiger partial charge in [-0.2, -0.15) is 5.26 Å². The fourth-order valence-corrected chi connectivity index (χ4v) is 0.953. The highest BCUT2D eigenvalue weighted by atomic mass is 35.5. The van der Waals surface area contributed by atoms with Crippen LogP contribution < -0.4 is 0 Å². The lowest BCUT2D eigenvalue weighted by atomic mass is 10.2. The van der Waals surface area contributed by atoms with E-state index in [2.05, 4.69) is 4.98 Å². The van der Waals surface area contributed by atoms with Crippen LogP contribution in [0, 0.1) is 18.3 Å². The summed E-state index contributed by atoms with van der Waals surface area (Å²) in [5.74, 6) is 0. The van der Waals surface area contributed by atoms with Crippen LogP contribution in [0.5, 0.6) is 0 Å². The quantitative estimate of drug-likeness (QED) is 0.618. The van der Waals surface area contributed by atoms with Crippen LogP contribution in [0.15, 0.2) is 12.1 Å². The van der Waals surface area contributed by atoms with Gasteiger partial charge in [-0.05, 0) is 30.7 Å². The number of hydrogen-bond acceptors (Lipinski definition) is 3. The molecule has 1 aromatic rings. The van der Waals surface area contributed by atoms with Crippen molar-refractivity contribution in [2.24, 2.45) is 0 Å². The SMILES string of the molecule is Cc1ccc(C(=O)Cl)c(C#N)n1. The second-order valence-corrected chi connectivity index (χ2v) is 2.58. The summed E-state index contributed by atoms with van der Waals surface area (Å²) in [5.41, 5.74) is 0.924. The van der Waals surface area contributed by atoms with Gasteiger partial charge in [0.25, 0.3) is 5.24 Å². The van der Waals surface area contributed by atoms with Crippen LogP contribution in [-0.2, 0) is 0 Å². The summed E-state index contributed by atoms with van der Waals surface area (Å²) in [6, 6.07) is 4.93. The van der Waals surface area contributed by atoms with E-state index in [-0.39, 0.29) is 11.3 Å². The van der Waals surface area contributed by atoms with Crippen LogP contribution in [0.2, 0.25) is 0 Å². The maximum Gasteiger partial charge on any atom is 0.255 e. The Balaban J connectivity index is 3.32. The fourth-order valence-electron chi connectivity index (χ4n) is 0.801. The van der Waals surface area contributed by atoms with E-state index in [1.165, 1.54) is 6.07 Å². The Kier molecular flexibility index (Phi) is 2.41. The van der Waals surface area contributed by atoms with Gasteiger partial charge < -0.3 is 0 Å². The maximum absolute atomic E-state index is 10.7. The molecular weight excluding hydrogens is 176 g/mol. The lowest BCUT2D eigenvalue weighted by molar-refractivity contribution is 0.108. The van der Waals surface area contributed by atoms with E-state index in [1.807, 2.05) is 0 Å². The van der Waals surface area contributed by atoms with Gasteiger partial charge in [0.2, 0.25) is 0 Å². The molecule has 0 saturated carbocycles. The van der Waals surface area contributed by atoms with Crippen molar-refractivity contribution in [3.63, 3.8) is 0 Å². The molecule has 0 spiro atoms. The fraction of sp³-hybridized carbons (Fsp3) is 0.125. The summed E-state index contributed by atoms with van der Waals surface area (Å²) in [7, 11) is 0. The van der Waals surface area contributed by atoms with Gasteiger partial charge in [-0.15, -0.1) is 0 Å². The van der Waals surface area contributed by atoms with Crippen LogP contribution >= 0.6 is 11.6 Å². The van der Waals surface area contributed by atoms with Crippen molar-refractivity contribution in [1.82, 2.24) is 4.98 Å². The van der Waals surface area contributed by atoms with Crippen LogP contribution in [0.4, 0.5) is 0 Å². The van der Waals surface area contributed by atoms with Crippen molar-refractivity contribution in [1.29, 1.82) is 5.26 Å². The number of carbonyl (C=O) groups is 1. The predicted octanol–water partition coefficient (Wildman–Crippen LogP) is 1.64. The molecule has 0 amide bonds. The smallest absolute Gasteiger partial charge is 0.255 e. The van der Waals surface area contributed by atoms with E-state index in [1.54, 1.807) is 19.1 Å². The zero-order chi connectivity index (χ0) is 9.14. The number of aryl methyl sites for hydroxylation is 1. The Bertz CT molecular complexity index is 368. The second kappa shape index (κ2) is 3.33. The Morgan fingerprint density at radius 1 is 1.67 bits per heavy atom. The van der Waals surface area contributed by atoms with Crippen LogP contribution in [0.1, 0.15) is 21.7 Å². The Labute approximate surface area is 74.6 Å². The molecule has 0 unspecified atom stereocenters. The molecule has 0 N–H and O–H groups in total. The van der Waals surface area contributed by atoms with Gasteiger partial charge in [-0.3, -0.25) is 4.79 Å². The Hall–Kier alpha value is -1.40. The molecule has 0 fully saturated rings. The van der Waals surface area contributed by atoms with Crippen molar-refractivity contribution in [3.05, 3.63) is 29.1 Å². The first-order valence-corrected chi connectivity index (χ1v) is 3.60. The number of carbonyl (C=O) groups excluding carboxylic acids is 1. The molecular formula is C8H5ClN2O. The molecule has 1 rings (SSSR count). The number of nitriles is 1. The van der Waals surface area contributed by atoms with Crippen molar-refractivity contribution in [3.8, 4) is 6.07 Å². The van der Waals surface area contributed by atoms with Crippen molar-refractivity contribution in [2.45, 2.75) is 6.92 Å². The molecule has 1 heterocycles. The van der Waals surface area contributed by atoms with Crippen LogP contribution in [0.3, 0.4) is 0 Å². The highest BCUT2D eigenvalue weighted by Crippen LogP contribution is 2.09. The molecule has 0 bridgehead atoms. The van der Waals surface area contributed by atoms with Crippen LogP contribution in [0.25, 0.3) is 0 Å². The largest absolute Gasteiger partial charge is 0.275 e. The van der Waals surface area contributed by atoms with Gasteiger partial charge in [0.1, 0.15) is 6.07 Å². The minimum Gasteiger partial charge on any atom is -0.275 e. The number of halogens is 1. The summed E-state index contributed by atoms with van der Waals surface area (Å²) in [5, 5.41) is 7.91. The van der Waals surface area contributed by atoms with E-state index in [4.69, 9.17) is 16.9 Å². The first kappa shape index (κ1) is 8.69. The van der Waals surface area contributed by atoms with Crippen molar-refractivity contribution >= 4 is 16.8 Å². The van der Waals surface area contributed by atoms with Gasteiger partial charge in [-0.25, -0.2) is 4.98 Å². The van der Waals surface area contributed by atoms with E-state index in [0.29, 0.717) is 5.69 Å². The highest BCUT2D eigenvalue weighted by Gasteiger charge is 2.09. The molecule has 0 atom stereocenters. The Morgan fingerprint density at radius 3 is 2.83 bits per heavy atom. The van der Waals surface area contributed by atoms with E-state index in [0.717, 1.165) is 0 Å². The average molecular weight is 181 g/mol. The standard InChI is InChI=1S/C8H5ClN2O/c1-5-2-3-6(8(9)12)7(4-10)11-5/h2-3H,1H3. The third-order valence-corrected chi connectivity index (χ3v) is 1.56. The third kappa shape index (κ3) is 1.60. The molecule has 1 aromatic heterocycles. The Morgan fingerprint density at radius 2 is 2.33 bits per heavy atom. The molecule has 0 aliphatic heterocycles. The van der Waals surface area contributed by atoms with Gasteiger partial charge in [0, 0.05) is 5.69 Å². The number of hydrogen-bond donors (Lipinski definition) is 0. The summed E-state index contributed by atoms with van der Waals surface area (Å²) in [6.45, 7) is 1.74. The summed E-state index contributed by atoms with van der Waals surface area (Å²) in [6.07, 6.45) is 0. The van der Waals surface area contributed by atoms with Gasteiger partial charge in [0.15, 0.2) is 5.69 Å². The van der Waals surface area contributed by atoms with E-state index < -0.39 is 5.24 Å². The number of aromatic nitrogens is 1. The van der Waals surface area contributed by atoms with Crippen LogP contribution in [-0.4, -0.2) is 10.2 Å². The van der Waals surface area contributed by atoms with E-state index >= 15 is 0 Å². The van der Waals surface area contributed by atoms with Gasteiger partial charge in [0.05, 0.1) is 5.56 Å². The molecule has 12 heavy (non-hydrogen) atoms. The average Bonchev–Trinajstić information content (AvgIpc) is 2.03. The zero-order valence-corrected chi connectivity index (χ0v) is 7.09. The molecule has 0 radical (unpaired) electrons. The molecule has 0 aromatic carbocycles. The lowest BCUT2D eigenvalue weighted by Crippen LogP contribution is -1.98. The number of nitrogens with zero attached hydrogens (tertiary/aromatic N) is 2. The third-order valence-electron chi connectivity index (χ3n) is 1.35. The molecule has 0 saturated heterocycles. The molecule has 0 aliphatic rings. The molecule has 3 nitrogen and oxygen atoms in total. The summed E-state index contributed by atoms with van der Waals surface area (Å²) < 4.78 is 0. The van der Waals surface area contributed by atoms with Crippen molar-refractivity contribution < 1.29 is 4.79 Å². The van der Waals surface area contributed by atoms with Crippen molar-refractivity contribution in [2.75, 3.05) is 0 Å². The summed E-state index contributed by atoms with van der Waals surface area (Å²) >= 11 is 5.21. The van der Waals surface area contributed by atoms with E-state index in [9.17, 15) is 4.79 Å². The minimum absolute atomic E-state index is 0.0787. The minimum atomic E-state index is -0.654. The second-order valence-electron chi connectivity index (χ2n) is 2.23. The first-order chi connectivity index (χ1) is 5.65. The topological polar surface area (TPSA) is 53.8 Å². The summed E-state index contributed by atoms with van der Waals surface area (Å²) in [4.78, 5) is 14.6. The number of rotatable bonds is 1. The molecule has 0 aliphatic carbocycles. The molecule has 60 valence electrons. The first-order valence-electron chi connectivity index (χ1n) is 3.22. The molecule has 4 heteroatoms. The monoisotopic (exact) mass is 180 g/mol. The predicted molar refractivity (Wildman–Crippen MR) is 43.9 cm³/mol. The lowest BCUT2D eigenvalue weighted by Gasteiger charge is -1.96. The van der Waals surface area contributed by atoms with Gasteiger partial charge in [-0.1, -0.05) is 0 Å². The highest BCUT2D eigenvalue weighted by molar-refractivity contribution is 6.67.